The van der Waals surface area contributed by atoms with E-state index in [1.54, 1.807) is 0 Å². The molecule has 191 valence electrons. The van der Waals surface area contributed by atoms with Gasteiger partial charge in [0.25, 0.3) is 0 Å². The molecule has 3 nitrogen and oxygen atoms in total. The summed E-state index contributed by atoms with van der Waals surface area (Å²) in [4.78, 5) is 4.48. The smallest absolute Gasteiger partial charge is 0.0623 e. The van der Waals surface area contributed by atoms with Crippen LogP contribution < -0.4 is 0 Å². The maximum absolute atomic E-state index is 10.6. The van der Waals surface area contributed by atoms with Gasteiger partial charge >= 0.3 is 0 Å². The van der Waals surface area contributed by atoms with Crippen LogP contribution in [0.4, 0.5) is 0 Å². The van der Waals surface area contributed by atoms with Crippen molar-refractivity contribution in [2.45, 2.75) is 77.9 Å². The normalized spacial score (nSPS) is 28.1. The summed E-state index contributed by atoms with van der Waals surface area (Å²) in [6, 6.07) is 19.6. The minimum absolute atomic E-state index is 0. The summed E-state index contributed by atoms with van der Waals surface area (Å²) in [5.41, 5.74) is 3.28. The quantitative estimate of drug-likeness (QED) is 0.301. The Hall–Kier alpha value is -1.58. The van der Waals surface area contributed by atoms with E-state index in [9.17, 15) is 10.2 Å². The summed E-state index contributed by atoms with van der Waals surface area (Å²) in [6.07, 6.45) is 9.46. The predicted octanol–water partition coefficient (Wildman–Crippen LogP) is 6.98. The number of aryl methyl sites for hydroxylation is 1. The van der Waals surface area contributed by atoms with Crippen LogP contribution in [-0.4, -0.2) is 27.4 Å². The van der Waals surface area contributed by atoms with E-state index < -0.39 is 0 Å². The van der Waals surface area contributed by atoms with Crippen LogP contribution in [0.2, 0.25) is 0 Å². The second-order valence-electron chi connectivity index (χ2n) is 10.4. The number of aliphatic hydroxyl groups excluding tert-OH is 2. The molecular formula is C31H40IrNO2-. The topological polar surface area (TPSA) is 53.4 Å². The molecule has 5 rings (SSSR count). The summed E-state index contributed by atoms with van der Waals surface area (Å²) in [5, 5.41) is 23.5. The number of fused-ring (bicyclic) bond motifs is 2. The van der Waals surface area contributed by atoms with Gasteiger partial charge in [-0.1, -0.05) is 62.9 Å². The monoisotopic (exact) mass is 651 g/mol. The zero-order valence-corrected chi connectivity index (χ0v) is 23.7. The molecule has 3 aromatic rings. The third-order valence-electron chi connectivity index (χ3n) is 8.27. The molecule has 1 heterocycles. The van der Waals surface area contributed by atoms with Gasteiger partial charge < -0.3 is 15.2 Å². The van der Waals surface area contributed by atoms with Crippen molar-refractivity contribution in [1.82, 2.24) is 4.98 Å². The number of aromatic nitrogens is 1. The number of pyridine rings is 1. The van der Waals surface area contributed by atoms with Gasteiger partial charge in [0.1, 0.15) is 0 Å². The molecule has 0 bridgehead atoms. The van der Waals surface area contributed by atoms with E-state index in [0.717, 1.165) is 36.9 Å². The van der Waals surface area contributed by atoms with E-state index >= 15 is 0 Å². The minimum Gasteiger partial charge on any atom is -0.392 e. The van der Waals surface area contributed by atoms with Gasteiger partial charge in [0.15, 0.2) is 0 Å². The van der Waals surface area contributed by atoms with Crippen LogP contribution in [0.5, 0.6) is 0 Å². The van der Waals surface area contributed by atoms with Crippen molar-refractivity contribution in [3.05, 3.63) is 66.4 Å². The van der Waals surface area contributed by atoms with Crippen molar-refractivity contribution in [3.8, 4) is 11.3 Å². The Morgan fingerprint density at radius 3 is 2.31 bits per heavy atom. The average molecular weight is 651 g/mol. The van der Waals surface area contributed by atoms with E-state index in [1.165, 1.54) is 35.6 Å². The standard InChI is InChI=1S/C16H12N.C15H28O2.Ir/c1-12-7-8-14-11-17-16(10-15(14)9-12)13-5-3-2-4-6-13;1-3-10-6-5-7-12-9-8-11(4-2)15(17)13(12)14(10)16;/h2-5,7-11H,1H3;10-17H,3-9H2,1-2H3;/q-1;;/t;10-,11-,12?,13?,14?,15?;/m.0./s1. The summed E-state index contributed by atoms with van der Waals surface area (Å²) in [6.45, 7) is 6.43. The average Bonchev–Trinajstić information content (AvgIpc) is 3.03. The molecule has 35 heavy (non-hydrogen) atoms. The molecule has 2 fully saturated rings. The van der Waals surface area contributed by atoms with Gasteiger partial charge in [-0.2, -0.15) is 0 Å². The fourth-order valence-corrected chi connectivity index (χ4v) is 6.18. The minimum atomic E-state index is -0.267. The third-order valence-corrected chi connectivity index (χ3v) is 8.27. The molecule has 0 spiro atoms. The van der Waals surface area contributed by atoms with Crippen LogP contribution in [0.15, 0.2) is 54.7 Å². The first-order chi connectivity index (χ1) is 16.5. The van der Waals surface area contributed by atoms with Gasteiger partial charge in [-0.15, -0.1) is 35.9 Å². The SMILES string of the molecule is CC[C@H]1CCCC2CC[C@H](CC)C(O)C2C1O.Cc1ccc2cnc(-c3[c-]cccc3)cc2c1.[Ir]. The first-order valence-corrected chi connectivity index (χ1v) is 13.2. The van der Waals surface area contributed by atoms with Crippen LogP contribution in [0.1, 0.15) is 64.4 Å². The Balaban J connectivity index is 0.000000190. The zero-order chi connectivity index (χ0) is 24.1. The first kappa shape index (κ1) is 28.0. The Morgan fingerprint density at radius 2 is 1.63 bits per heavy atom. The second-order valence-corrected chi connectivity index (χ2v) is 10.4. The number of hydrogen-bond acceptors (Lipinski definition) is 3. The van der Waals surface area contributed by atoms with Crippen LogP contribution >= 0.6 is 0 Å². The number of benzene rings is 2. The molecule has 2 N–H and O–H groups in total. The molecule has 2 aromatic carbocycles. The molecule has 4 heteroatoms. The van der Waals surface area contributed by atoms with Gasteiger partial charge in [-0.3, -0.25) is 0 Å². The molecule has 0 amide bonds. The Kier molecular flexibility index (Phi) is 10.5. The Morgan fingerprint density at radius 1 is 0.886 bits per heavy atom. The van der Waals surface area contributed by atoms with Crippen molar-refractivity contribution in [3.63, 3.8) is 0 Å². The van der Waals surface area contributed by atoms with Gasteiger partial charge in [-0.05, 0) is 66.8 Å². The van der Waals surface area contributed by atoms with Crippen LogP contribution in [0, 0.1) is 36.7 Å². The molecular weight excluding hydrogens is 611 g/mol. The molecule has 1 aromatic heterocycles. The molecule has 4 unspecified atom stereocenters. The van der Waals surface area contributed by atoms with Crippen molar-refractivity contribution in [2.75, 3.05) is 0 Å². The fraction of sp³-hybridized carbons (Fsp3) is 0.516. The molecule has 2 aliphatic carbocycles. The zero-order valence-electron chi connectivity index (χ0n) is 21.3. The fourth-order valence-electron chi connectivity index (χ4n) is 6.18. The maximum atomic E-state index is 10.6. The number of rotatable bonds is 3. The summed E-state index contributed by atoms with van der Waals surface area (Å²) < 4.78 is 0. The maximum Gasteiger partial charge on any atom is 0.0623 e. The summed E-state index contributed by atoms with van der Waals surface area (Å²) >= 11 is 0. The Labute approximate surface area is 224 Å². The first-order valence-electron chi connectivity index (χ1n) is 13.2. The molecule has 2 aliphatic rings. The number of hydrogen-bond donors (Lipinski definition) is 2. The van der Waals surface area contributed by atoms with E-state index in [4.69, 9.17) is 0 Å². The van der Waals surface area contributed by atoms with Crippen LogP contribution in [-0.2, 0) is 20.1 Å². The van der Waals surface area contributed by atoms with E-state index in [-0.39, 0.29) is 38.2 Å². The summed E-state index contributed by atoms with van der Waals surface area (Å²) in [5.74, 6) is 1.55. The second kappa shape index (κ2) is 13.1. The van der Waals surface area contributed by atoms with Crippen molar-refractivity contribution < 1.29 is 30.3 Å². The van der Waals surface area contributed by atoms with Crippen molar-refractivity contribution in [2.24, 2.45) is 23.7 Å². The van der Waals surface area contributed by atoms with E-state index in [0.29, 0.717) is 17.8 Å². The molecule has 0 aliphatic heterocycles. The van der Waals surface area contributed by atoms with Crippen LogP contribution in [0.3, 0.4) is 0 Å². The van der Waals surface area contributed by atoms with Crippen molar-refractivity contribution in [1.29, 1.82) is 0 Å². The van der Waals surface area contributed by atoms with Crippen molar-refractivity contribution >= 4 is 10.8 Å². The van der Waals surface area contributed by atoms with Gasteiger partial charge in [0, 0.05) is 32.2 Å². The van der Waals surface area contributed by atoms with E-state index in [1.807, 2.05) is 30.5 Å². The van der Waals surface area contributed by atoms with Gasteiger partial charge in [0.05, 0.1) is 12.2 Å². The summed E-state index contributed by atoms with van der Waals surface area (Å²) in [7, 11) is 0. The molecule has 1 radical (unpaired) electrons. The largest absolute Gasteiger partial charge is 0.392 e. The molecule has 0 saturated heterocycles. The van der Waals surface area contributed by atoms with Crippen LogP contribution in [0.25, 0.3) is 22.0 Å². The van der Waals surface area contributed by atoms with Gasteiger partial charge in [-0.25, -0.2) is 0 Å². The predicted molar refractivity (Wildman–Crippen MR) is 140 cm³/mol. The third kappa shape index (κ3) is 6.60. The van der Waals surface area contributed by atoms with E-state index in [2.05, 4.69) is 56.1 Å². The molecule has 2 saturated carbocycles. The number of nitrogens with zero attached hydrogens (tertiary/aromatic N) is 1. The number of aliphatic hydroxyl groups is 2. The molecule has 6 atom stereocenters. The van der Waals surface area contributed by atoms with Gasteiger partial charge in [0.2, 0.25) is 0 Å². The Bertz CT molecular complexity index is 1060.